The third-order valence-electron chi connectivity index (χ3n) is 4.27. The summed E-state index contributed by atoms with van der Waals surface area (Å²) in [5.41, 5.74) is 2.85. The summed E-state index contributed by atoms with van der Waals surface area (Å²) in [5, 5.41) is 6.75. The first-order valence-electron chi connectivity index (χ1n) is 7.08. The number of anilines is 2. The molecule has 3 rings (SSSR count). The van der Waals surface area contributed by atoms with Crippen LogP contribution in [0.4, 0.5) is 11.8 Å². The van der Waals surface area contributed by atoms with Crippen LogP contribution in [0.25, 0.3) is 10.2 Å². The highest BCUT2D eigenvalue weighted by Crippen LogP contribution is 2.38. The van der Waals surface area contributed by atoms with Gasteiger partial charge in [-0.1, -0.05) is 26.7 Å². The molecule has 0 saturated heterocycles. The molecule has 1 fully saturated rings. The Morgan fingerprint density at radius 3 is 2.95 bits per heavy atom. The predicted octanol–water partition coefficient (Wildman–Crippen LogP) is 3.36. The average molecular weight is 291 g/mol. The van der Waals surface area contributed by atoms with E-state index in [1.54, 1.807) is 11.3 Å². The van der Waals surface area contributed by atoms with E-state index in [9.17, 15) is 0 Å². The van der Waals surface area contributed by atoms with Gasteiger partial charge in [-0.25, -0.2) is 10.8 Å². The summed E-state index contributed by atoms with van der Waals surface area (Å²) in [4.78, 5) is 9.84. The van der Waals surface area contributed by atoms with Crippen LogP contribution in [0.1, 0.15) is 39.5 Å². The zero-order valence-corrected chi connectivity index (χ0v) is 12.8. The van der Waals surface area contributed by atoms with E-state index in [1.807, 2.05) is 5.38 Å². The topological polar surface area (TPSA) is 75.9 Å². The van der Waals surface area contributed by atoms with E-state index in [0.29, 0.717) is 17.4 Å². The van der Waals surface area contributed by atoms with Crippen molar-refractivity contribution in [3.05, 3.63) is 11.4 Å². The van der Waals surface area contributed by atoms with Gasteiger partial charge in [0.2, 0.25) is 5.95 Å². The Kier molecular flexibility index (Phi) is 3.52. The second kappa shape index (κ2) is 5.18. The Balaban J connectivity index is 1.95. The molecule has 1 unspecified atom stereocenters. The lowest BCUT2D eigenvalue weighted by Gasteiger charge is -2.39. The first-order chi connectivity index (χ1) is 9.60. The van der Waals surface area contributed by atoms with Crippen molar-refractivity contribution in [2.45, 2.75) is 45.6 Å². The fraction of sp³-hybridized carbons (Fsp3) is 0.571. The minimum atomic E-state index is 0.294. The molecule has 0 bridgehead atoms. The van der Waals surface area contributed by atoms with Gasteiger partial charge in [0.15, 0.2) is 0 Å². The van der Waals surface area contributed by atoms with Crippen molar-refractivity contribution in [1.29, 1.82) is 0 Å². The number of aromatic nitrogens is 2. The van der Waals surface area contributed by atoms with Crippen molar-refractivity contribution in [2.75, 3.05) is 10.7 Å². The van der Waals surface area contributed by atoms with Crippen LogP contribution < -0.4 is 16.6 Å². The number of hydrogen-bond acceptors (Lipinski definition) is 6. The largest absolute Gasteiger partial charge is 0.366 e. The normalized spacial score (nSPS) is 21.9. The molecule has 4 N–H and O–H groups in total. The van der Waals surface area contributed by atoms with Gasteiger partial charge in [0.05, 0.1) is 5.39 Å². The standard InChI is InChI=1S/C14H21N5S/c1-14(2)7-4-3-5-10(14)16-11-9-6-8-20-12(9)18-13(17-11)19-15/h6,8,10H,3-5,7,15H2,1-2H3,(H2,16,17,18,19). The van der Waals surface area contributed by atoms with E-state index < -0.39 is 0 Å². The molecule has 0 amide bonds. The number of fused-ring (bicyclic) bond motifs is 1. The van der Waals surface area contributed by atoms with Crippen LogP contribution >= 0.6 is 11.3 Å². The van der Waals surface area contributed by atoms with E-state index >= 15 is 0 Å². The maximum atomic E-state index is 5.47. The highest BCUT2D eigenvalue weighted by molar-refractivity contribution is 7.16. The number of thiophene rings is 1. The Morgan fingerprint density at radius 1 is 1.35 bits per heavy atom. The van der Waals surface area contributed by atoms with Crippen LogP contribution in [0, 0.1) is 5.41 Å². The summed E-state index contributed by atoms with van der Waals surface area (Å²) in [5.74, 6) is 6.83. The zero-order chi connectivity index (χ0) is 14.2. The lowest BCUT2D eigenvalue weighted by molar-refractivity contribution is 0.217. The smallest absolute Gasteiger partial charge is 0.240 e. The van der Waals surface area contributed by atoms with Gasteiger partial charge in [0.25, 0.3) is 0 Å². The van der Waals surface area contributed by atoms with E-state index in [2.05, 4.69) is 40.6 Å². The van der Waals surface area contributed by atoms with E-state index in [0.717, 1.165) is 16.0 Å². The molecule has 2 aromatic rings. The van der Waals surface area contributed by atoms with Crippen LogP contribution in [0.3, 0.4) is 0 Å². The highest BCUT2D eigenvalue weighted by Gasteiger charge is 2.32. The van der Waals surface area contributed by atoms with Gasteiger partial charge in [0.1, 0.15) is 10.6 Å². The molecular weight excluding hydrogens is 270 g/mol. The van der Waals surface area contributed by atoms with E-state index in [4.69, 9.17) is 5.84 Å². The van der Waals surface area contributed by atoms with Crippen LogP contribution in [0.5, 0.6) is 0 Å². The summed E-state index contributed by atoms with van der Waals surface area (Å²) in [6.45, 7) is 4.66. The number of rotatable bonds is 3. The zero-order valence-electron chi connectivity index (χ0n) is 11.9. The predicted molar refractivity (Wildman–Crippen MR) is 84.9 cm³/mol. The molecule has 1 atom stereocenters. The molecule has 2 heterocycles. The van der Waals surface area contributed by atoms with Gasteiger partial charge in [-0.05, 0) is 29.7 Å². The summed E-state index contributed by atoms with van der Waals surface area (Å²) in [7, 11) is 0. The molecule has 1 aliphatic rings. The van der Waals surface area contributed by atoms with Crippen molar-refractivity contribution in [3.8, 4) is 0 Å². The Bertz CT molecular complexity index is 607. The molecule has 20 heavy (non-hydrogen) atoms. The number of nitrogens with one attached hydrogen (secondary N) is 2. The third kappa shape index (κ3) is 2.45. The van der Waals surface area contributed by atoms with Crippen molar-refractivity contribution in [2.24, 2.45) is 11.3 Å². The van der Waals surface area contributed by atoms with E-state index in [-0.39, 0.29) is 0 Å². The number of nitrogen functional groups attached to an aromatic ring is 1. The third-order valence-corrected chi connectivity index (χ3v) is 5.08. The van der Waals surface area contributed by atoms with Crippen LogP contribution in [0.2, 0.25) is 0 Å². The quantitative estimate of drug-likeness (QED) is 0.597. The maximum Gasteiger partial charge on any atom is 0.240 e. The molecule has 1 saturated carbocycles. The molecule has 2 aromatic heterocycles. The molecule has 0 radical (unpaired) electrons. The second-order valence-electron chi connectivity index (χ2n) is 6.11. The monoisotopic (exact) mass is 291 g/mol. The minimum Gasteiger partial charge on any atom is -0.366 e. The first-order valence-corrected chi connectivity index (χ1v) is 7.96. The summed E-state index contributed by atoms with van der Waals surface area (Å²) in [6.07, 6.45) is 5.04. The van der Waals surface area contributed by atoms with E-state index in [1.165, 1.54) is 25.7 Å². The molecule has 5 nitrogen and oxygen atoms in total. The average Bonchev–Trinajstić information content (AvgIpc) is 2.89. The fourth-order valence-corrected chi connectivity index (χ4v) is 3.72. The number of hydrazine groups is 1. The van der Waals surface area contributed by atoms with Gasteiger partial charge in [-0.3, -0.25) is 5.43 Å². The van der Waals surface area contributed by atoms with Crippen molar-refractivity contribution in [1.82, 2.24) is 9.97 Å². The molecule has 0 aliphatic heterocycles. The summed E-state index contributed by atoms with van der Waals surface area (Å²) < 4.78 is 0. The van der Waals surface area contributed by atoms with Crippen molar-refractivity contribution in [3.63, 3.8) is 0 Å². The lowest BCUT2D eigenvalue weighted by Crippen LogP contribution is -2.39. The van der Waals surface area contributed by atoms with Gasteiger partial charge in [-0.15, -0.1) is 11.3 Å². The van der Waals surface area contributed by atoms with Crippen LogP contribution in [-0.4, -0.2) is 16.0 Å². The number of nitrogens with two attached hydrogens (primary N) is 1. The van der Waals surface area contributed by atoms with Crippen LogP contribution in [-0.2, 0) is 0 Å². The van der Waals surface area contributed by atoms with Gasteiger partial charge in [-0.2, -0.15) is 4.98 Å². The Morgan fingerprint density at radius 2 is 2.20 bits per heavy atom. The summed E-state index contributed by atoms with van der Waals surface area (Å²) >= 11 is 1.61. The Hall–Kier alpha value is -1.40. The van der Waals surface area contributed by atoms with Gasteiger partial charge >= 0.3 is 0 Å². The van der Waals surface area contributed by atoms with Gasteiger partial charge in [0, 0.05) is 6.04 Å². The molecule has 0 aromatic carbocycles. The SMILES string of the molecule is CC1(C)CCCCC1Nc1nc(NN)nc2sccc12. The lowest BCUT2D eigenvalue weighted by atomic mass is 9.73. The first kappa shape index (κ1) is 13.6. The van der Waals surface area contributed by atoms with Crippen molar-refractivity contribution < 1.29 is 0 Å². The minimum absolute atomic E-state index is 0.294. The van der Waals surface area contributed by atoms with Gasteiger partial charge < -0.3 is 5.32 Å². The van der Waals surface area contributed by atoms with Crippen LogP contribution in [0.15, 0.2) is 11.4 Å². The fourth-order valence-electron chi connectivity index (χ4n) is 2.96. The molecule has 6 heteroatoms. The second-order valence-corrected chi connectivity index (χ2v) is 7.01. The van der Waals surface area contributed by atoms with Crippen molar-refractivity contribution >= 4 is 33.3 Å². The summed E-state index contributed by atoms with van der Waals surface area (Å²) in [6, 6.07) is 2.51. The number of hydrogen-bond donors (Lipinski definition) is 3. The molecule has 0 spiro atoms. The molecule has 1 aliphatic carbocycles. The number of nitrogens with zero attached hydrogens (tertiary/aromatic N) is 2. The molecule has 108 valence electrons. The maximum absolute atomic E-state index is 5.47. The highest BCUT2D eigenvalue weighted by atomic mass is 32.1. The molecular formula is C14H21N5S. The Labute approximate surface area is 123 Å².